The zero-order valence-corrected chi connectivity index (χ0v) is 23.4. The highest BCUT2D eigenvalue weighted by Crippen LogP contribution is 2.43. The van der Waals surface area contributed by atoms with Gasteiger partial charge >= 0.3 is 0 Å². The van der Waals surface area contributed by atoms with Crippen LogP contribution in [0.3, 0.4) is 0 Å². The first-order valence-corrected chi connectivity index (χ1v) is 14.0. The van der Waals surface area contributed by atoms with Crippen molar-refractivity contribution in [1.29, 1.82) is 0 Å². The fourth-order valence-electron chi connectivity index (χ4n) is 5.33. The van der Waals surface area contributed by atoms with E-state index in [0.29, 0.717) is 29.9 Å². The van der Waals surface area contributed by atoms with Gasteiger partial charge in [-0.25, -0.2) is 5.01 Å². The highest BCUT2D eigenvalue weighted by molar-refractivity contribution is 6.10. The molecular weight excluding hydrogens is 532 g/mol. The summed E-state index contributed by atoms with van der Waals surface area (Å²) in [6.07, 6.45) is 4.14. The molecule has 9 nitrogen and oxygen atoms in total. The highest BCUT2D eigenvalue weighted by atomic mass is 16.3. The molecule has 0 aliphatic carbocycles. The Kier molecular flexibility index (Phi) is 8.61. The van der Waals surface area contributed by atoms with Crippen LogP contribution in [0, 0.1) is 5.92 Å². The van der Waals surface area contributed by atoms with E-state index in [1.54, 1.807) is 42.2 Å². The fourth-order valence-corrected chi connectivity index (χ4v) is 5.33. The molecule has 0 unspecified atom stereocenters. The summed E-state index contributed by atoms with van der Waals surface area (Å²) in [5.41, 5.74) is 2.00. The lowest BCUT2D eigenvalue weighted by Gasteiger charge is -2.28. The summed E-state index contributed by atoms with van der Waals surface area (Å²) < 4.78 is 0. The molecule has 3 aromatic carbocycles. The summed E-state index contributed by atoms with van der Waals surface area (Å²) in [5, 5.41) is 29.9. The number of anilines is 2. The smallest absolute Gasteiger partial charge is 0.261 e. The maximum Gasteiger partial charge on any atom is 0.261 e. The van der Waals surface area contributed by atoms with Crippen LogP contribution < -0.4 is 10.3 Å². The van der Waals surface area contributed by atoms with Crippen molar-refractivity contribution in [2.24, 2.45) is 11.0 Å². The number of hydrazone groups is 1. The lowest BCUT2D eigenvalue weighted by molar-refractivity contribution is -0.137. The zero-order valence-electron chi connectivity index (χ0n) is 23.4. The number of carbonyl (C=O) groups excluding carboxylic acids is 3. The number of carbonyl (C=O) groups is 3. The number of rotatable bonds is 10. The second-order valence-corrected chi connectivity index (χ2v) is 10.5. The van der Waals surface area contributed by atoms with Gasteiger partial charge in [0.15, 0.2) is 5.60 Å². The first kappa shape index (κ1) is 28.9. The van der Waals surface area contributed by atoms with Crippen molar-refractivity contribution in [3.63, 3.8) is 0 Å². The minimum atomic E-state index is -1.91. The molecule has 0 spiro atoms. The van der Waals surface area contributed by atoms with E-state index >= 15 is 0 Å². The van der Waals surface area contributed by atoms with Gasteiger partial charge in [0.05, 0.1) is 18.0 Å². The van der Waals surface area contributed by atoms with E-state index in [1.807, 2.05) is 60.7 Å². The molecule has 0 fully saturated rings. The standard InChI is InChI=1S/C33H34N4O5/c1-23(9-8-14-30(39)36(19-20-38)22-24-10-4-2-5-11-24)33(42)27-21-26(15-16-29(27)34-32(33)41)37-31(40)18-17-28(35-37)25-12-6-3-7-13-25/h2-13,15-16,21,23,38,42H,14,17-20,22H2,1H3,(H,34,41)/b9-8+/t23-,33+/m0/s1. The fraction of sp³-hybridized carbons (Fsp3) is 0.273. The Morgan fingerprint density at radius 2 is 1.79 bits per heavy atom. The quantitative estimate of drug-likeness (QED) is 0.321. The van der Waals surface area contributed by atoms with E-state index in [9.17, 15) is 24.6 Å². The van der Waals surface area contributed by atoms with Crippen molar-refractivity contribution >= 4 is 34.8 Å². The van der Waals surface area contributed by atoms with Crippen LogP contribution in [-0.2, 0) is 26.5 Å². The van der Waals surface area contributed by atoms with Gasteiger partial charge < -0.3 is 20.4 Å². The Balaban J connectivity index is 1.34. The first-order chi connectivity index (χ1) is 20.3. The monoisotopic (exact) mass is 566 g/mol. The molecule has 2 heterocycles. The Hall–Kier alpha value is -4.60. The van der Waals surface area contributed by atoms with Crippen LogP contribution in [0.25, 0.3) is 0 Å². The lowest BCUT2D eigenvalue weighted by Crippen LogP contribution is -2.40. The third-order valence-corrected chi connectivity index (χ3v) is 7.71. The number of benzene rings is 3. The number of amides is 3. The summed E-state index contributed by atoms with van der Waals surface area (Å²) in [7, 11) is 0. The van der Waals surface area contributed by atoms with Gasteiger partial charge in [-0.3, -0.25) is 14.4 Å². The van der Waals surface area contributed by atoms with Gasteiger partial charge in [0.2, 0.25) is 11.8 Å². The molecule has 2 aliphatic rings. The predicted molar refractivity (Wildman–Crippen MR) is 161 cm³/mol. The molecule has 0 saturated carbocycles. The Morgan fingerprint density at radius 3 is 2.50 bits per heavy atom. The average molecular weight is 567 g/mol. The van der Waals surface area contributed by atoms with Gasteiger partial charge in [0.25, 0.3) is 5.91 Å². The molecule has 216 valence electrons. The Labute approximate surface area is 244 Å². The third-order valence-electron chi connectivity index (χ3n) is 7.71. The normalized spacial score (nSPS) is 18.9. The van der Waals surface area contributed by atoms with E-state index in [4.69, 9.17) is 0 Å². The maximum absolute atomic E-state index is 13.1. The van der Waals surface area contributed by atoms with Crippen molar-refractivity contribution in [2.45, 2.75) is 38.3 Å². The summed E-state index contributed by atoms with van der Waals surface area (Å²) in [5.74, 6) is -1.63. The molecule has 3 N–H and O–H groups in total. The summed E-state index contributed by atoms with van der Waals surface area (Å²) in [4.78, 5) is 40.4. The topological polar surface area (TPSA) is 123 Å². The van der Waals surface area contributed by atoms with Crippen LogP contribution >= 0.6 is 0 Å². The zero-order chi connectivity index (χ0) is 29.7. The molecule has 3 aromatic rings. The van der Waals surface area contributed by atoms with Crippen LogP contribution in [0.5, 0.6) is 0 Å². The van der Waals surface area contributed by atoms with E-state index in [0.717, 1.165) is 16.8 Å². The molecule has 42 heavy (non-hydrogen) atoms. The largest absolute Gasteiger partial charge is 0.395 e. The molecular formula is C33H34N4O5. The summed E-state index contributed by atoms with van der Waals surface area (Å²) >= 11 is 0. The van der Waals surface area contributed by atoms with Gasteiger partial charge in [0, 0.05) is 49.5 Å². The number of fused-ring (bicyclic) bond motifs is 1. The van der Waals surface area contributed by atoms with Crippen molar-refractivity contribution in [3.05, 3.63) is 108 Å². The van der Waals surface area contributed by atoms with E-state index < -0.39 is 17.4 Å². The number of nitrogens with one attached hydrogen (secondary N) is 1. The molecule has 0 bridgehead atoms. The van der Waals surface area contributed by atoms with E-state index in [2.05, 4.69) is 10.4 Å². The van der Waals surface area contributed by atoms with Crippen molar-refractivity contribution in [1.82, 2.24) is 4.90 Å². The number of hydrogen-bond acceptors (Lipinski definition) is 6. The minimum Gasteiger partial charge on any atom is -0.395 e. The molecule has 3 amide bonds. The maximum atomic E-state index is 13.1. The molecule has 9 heteroatoms. The second-order valence-electron chi connectivity index (χ2n) is 10.5. The van der Waals surface area contributed by atoms with Gasteiger partial charge in [-0.15, -0.1) is 0 Å². The third kappa shape index (κ3) is 5.88. The van der Waals surface area contributed by atoms with E-state index in [1.165, 1.54) is 5.01 Å². The number of nitrogens with zero attached hydrogens (tertiary/aromatic N) is 3. The van der Waals surface area contributed by atoms with Crippen LogP contribution in [0.2, 0.25) is 0 Å². The van der Waals surface area contributed by atoms with Crippen molar-refractivity contribution in [3.8, 4) is 0 Å². The first-order valence-electron chi connectivity index (χ1n) is 14.0. The number of hydrogen-bond donors (Lipinski definition) is 3. The van der Waals surface area contributed by atoms with Crippen LogP contribution in [0.15, 0.2) is 96.1 Å². The van der Waals surface area contributed by atoms with Crippen molar-refractivity contribution < 1.29 is 24.6 Å². The molecule has 5 rings (SSSR count). The Bertz CT molecular complexity index is 1520. The lowest BCUT2D eigenvalue weighted by atomic mass is 9.82. The number of aliphatic hydroxyl groups excluding tert-OH is 1. The van der Waals surface area contributed by atoms with Gasteiger partial charge in [0.1, 0.15) is 0 Å². The van der Waals surface area contributed by atoms with Crippen LogP contribution in [-0.4, -0.2) is 51.7 Å². The molecule has 0 aromatic heterocycles. The average Bonchev–Trinajstić information content (AvgIpc) is 3.27. The predicted octanol–water partition coefficient (Wildman–Crippen LogP) is 3.96. The summed E-state index contributed by atoms with van der Waals surface area (Å²) in [6, 6.07) is 24.2. The van der Waals surface area contributed by atoms with Gasteiger partial charge in [-0.2, -0.15) is 5.10 Å². The van der Waals surface area contributed by atoms with Gasteiger partial charge in [-0.05, 0) is 29.3 Å². The minimum absolute atomic E-state index is 0.0427. The molecule has 0 radical (unpaired) electrons. The van der Waals surface area contributed by atoms with Crippen molar-refractivity contribution in [2.75, 3.05) is 23.5 Å². The van der Waals surface area contributed by atoms with E-state index in [-0.39, 0.29) is 37.8 Å². The summed E-state index contributed by atoms with van der Waals surface area (Å²) in [6.45, 7) is 2.11. The SMILES string of the molecule is C[C@@H](/C=C/CC(=O)N(CCO)Cc1ccccc1)[C@]1(O)C(=O)Nc2ccc(N3N=C(c4ccccc4)CCC3=O)cc21. The molecule has 2 aliphatic heterocycles. The molecule has 0 saturated heterocycles. The second kappa shape index (κ2) is 12.5. The van der Waals surface area contributed by atoms with Crippen LogP contribution in [0.4, 0.5) is 11.4 Å². The number of aliphatic hydroxyl groups is 2. The van der Waals surface area contributed by atoms with Gasteiger partial charge in [-0.1, -0.05) is 79.7 Å². The van der Waals surface area contributed by atoms with Crippen LogP contribution in [0.1, 0.15) is 42.9 Å². The Morgan fingerprint density at radius 1 is 1.07 bits per heavy atom. The molecule has 2 atom stereocenters. The highest BCUT2D eigenvalue weighted by Gasteiger charge is 2.49.